The van der Waals surface area contributed by atoms with Crippen molar-refractivity contribution in [1.29, 1.82) is 0 Å². The summed E-state index contributed by atoms with van der Waals surface area (Å²) in [6, 6.07) is 11.6. The lowest BCUT2D eigenvalue weighted by Gasteiger charge is -2.63. The summed E-state index contributed by atoms with van der Waals surface area (Å²) in [4.78, 5) is 84.3. The molecule has 0 spiro atoms. The van der Waals surface area contributed by atoms with Crippen molar-refractivity contribution >= 4 is 52.7 Å². The van der Waals surface area contributed by atoms with Gasteiger partial charge in [-0.2, -0.15) is 0 Å². The zero-order chi connectivity index (χ0) is 54.7. The fraction of sp³-hybridized carbons (Fsp3) is 0.733. The third-order valence-electron chi connectivity index (χ3n) is 19.4. The Bertz CT molecular complexity index is 2370. The van der Waals surface area contributed by atoms with E-state index in [0.717, 1.165) is 81.3 Å². The van der Waals surface area contributed by atoms with E-state index in [0.29, 0.717) is 43.7 Å². The molecule has 420 valence electrons. The van der Waals surface area contributed by atoms with Gasteiger partial charge in [-0.25, -0.2) is 4.79 Å². The van der Waals surface area contributed by atoms with Crippen LogP contribution < -0.4 is 15.1 Å². The van der Waals surface area contributed by atoms with E-state index in [9.17, 15) is 39.0 Å². The first-order valence-corrected chi connectivity index (χ1v) is 29.6. The molecule has 6 fully saturated rings. The predicted octanol–water partition coefficient (Wildman–Crippen LogP) is 8.08. The predicted molar refractivity (Wildman–Crippen MR) is 289 cm³/mol. The van der Waals surface area contributed by atoms with Crippen molar-refractivity contribution in [3.05, 3.63) is 41.3 Å². The molecular weight excluding hydrogens is 987 g/mol. The second kappa shape index (κ2) is 24.3. The molecule has 5 aliphatic carbocycles. The Hall–Kier alpha value is -4.38. The van der Waals surface area contributed by atoms with Crippen LogP contribution in [0.1, 0.15) is 167 Å². The van der Waals surface area contributed by atoms with Crippen LogP contribution in [0.2, 0.25) is 0 Å². The largest absolute Gasteiger partial charge is 0.462 e. The van der Waals surface area contributed by atoms with E-state index in [1.807, 2.05) is 41.3 Å². The molecule has 1 aromatic heterocycles. The summed E-state index contributed by atoms with van der Waals surface area (Å²) < 4.78 is 22.3. The fourth-order valence-electron chi connectivity index (χ4n) is 15.2. The minimum Gasteiger partial charge on any atom is -0.462 e. The van der Waals surface area contributed by atoms with Gasteiger partial charge in [-0.3, -0.25) is 24.0 Å². The number of benzene rings is 1. The Morgan fingerprint density at radius 1 is 0.842 bits per heavy atom. The SMILES string of the molecule is CC1CCC(C(=O)N(c2cc(-c3ccccc3)sc2C(=O)OCOC(=O)CCC(=O)O[C@@H]2CC[C@@]3(C)C(C2)C[C@@H](O)C2C3C[C@H](O)[C@@]3(C)C2CCC3[C@H](C)CCC(=O)NCC(=O)OC(C)(C)C)C2CC[NH+](C)CC2)CC1. The molecule has 2 amide bonds. The van der Waals surface area contributed by atoms with Crippen molar-refractivity contribution in [3.63, 3.8) is 0 Å². The summed E-state index contributed by atoms with van der Waals surface area (Å²) in [5.41, 5.74) is 0.274. The van der Waals surface area contributed by atoms with Gasteiger partial charge in [0, 0.05) is 36.1 Å². The van der Waals surface area contributed by atoms with E-state index >= 15 is 0 Å². The number of hydrogen-bond donors (Lipinski definition) is 4. The summed E-state index contributed by atoms with van der Waals surface area (Å²) in [6.45, 7) is 15.3. The van der Waals surface area contributed by atoms with Gasteiger partial charge in [-0.15, -0.1) is 11.3 Å². The molecule has 1 aliphatic heterocycles. The van der Waals surface area contributed by atoms with E-state index < -0.39 is 53.9 Å². The Morgan fingerprint density at radius 3 is 2.24 bits per heavy atom. The number of carbonyl (C=O) groups is 6. The number of nitrogens with zero attached hydrogens (tertiary/aromatic N) is 1. The number of esters is 4. The maximum absolute atomic E-state index is 14.6. The third kappa shape index (κ3) is 13.0. The highest BCUT2D eigenvalue weighted by Crippen LogP contribution is 2.68. The zero-order valence-corrected chi connectivity index (χ0v) is 47.4. The summed E-state index contributed by atoms with van der Waals surface area (Å²) >= 11 is 1.27. The van der Waals surface area contributed by atoms with Crippen LogP contribution >= 0.6 is 11.3 Å². The van der Waals surface area contributed by atoms with Crippen LogP contribution in [0.25, 0.3) is 10.4 Å². The number of nitrogens with one attached hydrogen (secondary N) is 2. The monoisotopic (exact) mass is 1070 g/mol. The van der Waals surface area contributed by atoms with Crippen LogP contribution in [0.5, 0.6) is 0 Å². The molecule has 16 heteroatoms. The van der Waals surface area contributed by atoms with Gasteiger partial charge >= 0.3 is 23.9 Å². The quantitative estimate of drug-likeness (QED) is 0.0676. The molecule has 76 heavy (non-hydrogen) atoms. The van der Waals surface area contributed by atoms with Crippen molar-refractivity contribution in [3.8, 4) is 10.4 Å². The molecule has 6 aliphatic rings. The number of aliphatic hydroxyl groups is 2. The van der Waals surface area contributed by atoms with Crippen molar-refractivity contribution in [1.82, 2.24) is 5.32 Å². The zero-order valence-electron chi connectivity index (χ0n) is 46.6. The molecule has 2 heterocycles. The molecule has 5 saturated carbocycles. The number of likely N-dealkylation sites (tertiary alicyclic amines) is 1. The molecule has 15 nitrogen and oxygen atoms in total. The highest BCUT2D eigenvalue weighted by atomic mass is 32.1. The first kappa shape index (κ1) is 57.8. The van der Waals surface area contributed by atoms with Crippen LogP contribution in [0.3, 0.4) is 0 Å². The Kier molecular flexibility index (Phi) is 18.5. The van der Waals surface area contributed by atoms with Crippen molar-refractivity contribution in [2.75, 3.05) is 38.4 Å². The molecule has 8 rings (SSSR count). The van der Waals surface area contributed by atoms with Crippen LogP contribution in [0.4, 0.5) is 5.69 Å². The summed E-state index contributed by atoms with van der Waals surface area (Å²) in [7, 11) is 2.17. The molecule has 11 atom stereocenters. The van der Waals surface area contributed by atoms with E-state index in [1.54, 1.807) is 20.8 Å². The maximum atomic E-state index is 14.6. The molecular formula is C60H88N3O12S+. The molecule has 1 saturated heterocycles. The number of ether oxygens (including phenoxy) is 4. The first-order chi connectivity index (χ1) is 36.0. The second-order valence-electron chi connectivity index (χ2n) is 25.5. The number of amides is 2. The molecule has 1 aromatic carbocycles. The lowest BCUT2D eigenvalue weighted by atomic mass is 9.43. The van der Waals surface area contributed by atoms with Gasteiger partial charge in [0.05, 0.1) is 50.9 Å². The number of thiophene rings is 1. The van der Waals surface area contributed by atoms with Crippen molar-refractivity contribution in [2.45, 2.75) is 188 Å². The normalized spacial score (nSPS) is 33.6. The summed E-state index contributed by atoms with van der Waals surface area (Å²) in [5, 5.41) is 26.9. The van der Waals surface area contributed by atoms with E-state index in [2.05, 4.69) is 40.1 Å². The highest BCUT2D eigenvalue weighted by Gasteiger charge is 2.66. The number of rotatable bonds is 17. The maximum Gasteiger partial charge on any atom is 0.353 e. The number of anilines is 1. The minimum atomic E-state index is -0.705. The van der Waals surface area contributed by atoms with Crippen LogP contribution in [-0.2, 0) is 42.9 Å². The van der Waals surface area contributed by atoms with E-state index in [1.165, 1.54) is 16.2 Å². The van der Waals surface area contributed by atoms with Crippen LogP contribution in [0.15, 0.2) is 36.4 Å². The van der Waals surface area contributed by atoms with Gasteiger partial charge in [0.1, 0.15) is 23.1 Å². The van der Waals surface area contributed by atoms with Gasteiger partial charge in [-0.1, -0.05) is 58.0 Å². The highest BCUT2D eigenvalue weighted by molar-refractivity contribution is 7.18. The number of piperidine rings is 1. The number of hydrogen-bond acceptors (Lipinski definition) is 13. The first-order valence-electron chi connectivity index (χ1n) is 28.8. The van der Waals surface area contributed by atoms with Crippen molar-refractivity contribution in [2.24, 2.45) is 58.2 Å². The summed E-state index contributed by atoms with van der Waals surface area (Å²) in [6.07, 6.45) is 9.24. The standard InChI is InChI=1S/C60H87N3O12S/c1-36-14-17-39(18-15-36)56(70)63(41-25-28-62(8)29-26-41)46-33-48(38-12-10-9-11-13-38)76-55(46)57(71)73-35-72-51(67)22-23-52(68)74-42-24-27-59(6)40(30-42)31-47(64)54-44-20-19-43(60(44,7)49(65)32-45(54)59)37(2)16-21-50(66)61-34-53(69)75-58(3,4)5/h9-13,33,36-37,39-45,47,49,54,64-65H,14-32,34-35H2,1-8H3,(H,61,66)/p+1/t36?,37-,39?,40?,42-,43?,44?,45?,47-,49+,54?,59+,60-/m1/s1. The second-order valence-corrected chi connectivity index (χ2v) is 26.5. The third-order valence-corrected chi connectivity index (χ3v) is 20.6. The van der Waals surface area contributed by atoms with Gasteiger partial charge in [0.2, 0.25) is 18.6 Å². The molecule has 2 aromatic rings. The minimum absolute atomic E-state index is 0.0338. The molecule has 0 bridgehead atoms. The molecule has 5 unspecified atom stereocenters. The number of fused-ring (bicyclic) bond motifs is 5. The van der Waals surface area contributed by atoms with Gasteiger partial charge < -0.3 is 44.3 Å². The molecule has 4 N–H and O–H groups in total. The number of carbonyl (C=O) groups excluding carboxylic acids is 6. The Labute approximate surface area is 454 Å². The fourth-order valence-corrected chi connectivity index (χ4v) is 16.2. The molecule has 0 radical (unpaired) electrons. The number of aliphatic hydroxyl groups excluding tert-OH is 2. The topological polar surface area (TPSA) is 200 Å². The average molecular weight is 1080 g/mol. The van der Waals surface area contributed by atoms with E-state index in [4.69, 9.17) is 18.9 Å². The van der Waals surface area contributed by atoms with E-state index in [-0.39, 0.29) is 101 Å². The smallest absolute Gasteiger partial charge is 0.353 e. The van der Waals surface area contributed by atoms with Crippen molar-refractivity contribution < 1.29 is 62.8 Å². The van der Waals surface area contributed by atoms with Gasteiger partial charge in [0.15, 0.2) is 0 Å². The van der Waals surface area contributed by atoms with Crippen LogP contribution in [-0.4, -0.2) is 109 Å². The number of quaternary nitrogens is 1. The van der Waals surface area contributed by atoms with Gasteiger partial charge in [-0.05, 0) is 162 Å². The Morgan fingerprint density at radius 2 is 1.54 bits per heavy atom. The average Bonchev–Trinajstić information content (AvgIpc) is 4.06. The summed E-state index contributed by atoms with van der Waals surface area (Å²) in [5.74, 6) is -1.36. The Balaban J connectivity index is 0.820. The van der Waals surface area contributed by atoms with Gasteiger partial charge in [0.25, 0.3) is 0 Å². The van der Waals surface area contributed by atoms with Crippen LogP contribution in [0, 0.1) is 58.2 Å². The lowest BCUT2D eigenvalue weighted by molar-refractivity contribution is -0.884. The lowest BCUT2D eigenvalue weighted by Crippen LogP contribution is -3.10.